The van der Waals surface area contributed by atoms with Gasteiger partial charge in [-0.2, -0.15) is 5.10 Å². The Morgan fingerprint density at radius 2 is 2.00 bits per heavy atom. The van der Waals surface area contributed by atoms with Gasteiger partial charge in [0.2, 0.25) is 5.91 Å². The van der Waals surface area contributed by atoms with E-state index in [1.54, 1.807) is 21.5 Å². The number of nitrogens with zero attached hydrogens (tertiary/aromatic N) is 4. The van der Waals surface area contributed by atoms with Crippen LogP contribution in [0.3, 0.4) is 0 Å². The van der Waals surface area contributed by atoms with Crippen LogP contribution in [0.25, 0.3) is 5.69 Å². The van der Waals surface area contributed by atoms with E-state index >= 15 is 0 Å². The maximum Gasteiger partial charge on any atom is 0.323 e. The van der Waals surface area contributed by atoms with Crippen molar-refractivity contribution in [2.75, 3.05) is 25.5 Å². The van der Waals surface area contributed by atoms with Crippen molar-refractivity contribution < 1.29 is 9.59 Å². The lowest BCUT2D eigenvalue weighted by molar-refractivity contribution is -0.138. The molecular formula is C20H27N5O2. The van der Waals surface area contributed by atoms with E-state index in [1.807, 2.05) is 43.3 Å². The molecule has 1 atom stereocenters. The Kier molecular flexibility index (Phi) is 5.78. The zero-order valence-electron chi connectivity index (χ0n) is 16.2. The summed E-state index contributed by atoms with van der Waals surface area (Å²) in [6.07, 6.45) is 2.59. The molecule has 27 heavy (non-hydrogen) atoms. The summed E-state index contributed by atoms with van der Waals surface area (Å²) in [5.41, 5.74) is 1.68. The Morgan fingerprint density at radius 1 is 1.26 bits per heavy atom. The number of hydrogen-bond acceptors (Lipinski definition) is 3. The van der Waals surface area contributed by atoms with Crippen molar-refractivity contribution in [1.29, 1.82) is 0 Å². The quantitative estimate of drug-likeness (QED) is 0.881. The molecule has 1 aromatic heterocycles. The first-order chi connectivity index (χ1) is 13.0. The zero-order chi connectivity index (χ0) is 19.4. The molecule has 1 aliphatic heterocycles. The zero-order valence-corrected chi connectivity index (χ0v) is 16.2. The van der Waals surface area contributed by atoms with Crippen LogP contribution in [0.2, 0.25) is 0 Å². The van der Waals surface area contributed by atoms with E-state index in [0.717, 1.165) is 24.2 Å². The van der Waals surface area contributed by atoms with Crippen LogP contribution in [0.1, 0.15) is 31.9 Å². The number of aryl methyl sites for hydroxylation is 1. The molecule has 1 aliphatic rings. The smallest absolute Gasteiger partial charge is 0.323 e. The summed E-state index contributed by atoms with van der Waals surface area (Å²) in [4.78, 5) is 28.9. The molecule has 0 spiro atoms. The Hall–Kier alpha value is -2.83. The summed E-state index contributed by atoms with van der Waals surface area (Å²) in [6.45, 7) is 5.05. The van der Waals surface area contributed by atoms with Gasteiger partial charge in [0.15, 0.2) is 0 Å². The number of piperazine rings is 1. The van der Waals surface area contributed by atoms with Gasteiger partial charge in [-0.05, 0) is 25.5 Å². The van der Waals surface area contributed by atoms with Crippen LogP contribution in [0, 0.1) is 6.92 Å². The minimum absolute atomic E-state index is 0.0117. The van der Waals surface area contributed by atoms with Crippen molar-refractivity contribution in [2.45, 2.75) is 39.2 Å². The molecule has 144 valence electrons. The van der Waals surface area contributed by atoms with Crippen molar-refractivity contribution in [1.82, 2.24) is 19.6 Å². The SMILES string of the molecule is CCCC[C@H]1C(=O)N(C)CCN1C(=O)Nc1cc(C)nn1-c1ccccc1. The summed E-state index contributed by atoms with van der Waals surface area (Å²) in [6, 6.07) is 10.8. The summed E-state index contributed by atoms with van der Waals surface area (Å²) >= 11 is 0. The van der Waals surface area contributed by atoms with Crippen molar-refractivity contribution in [3.8, 4) is 5.69 Å². The number of carbonyl (C=O) groups excluding carboxylic acids is 2. The van der Waals surface area contributed by atoms with Crippen LogP contribution in [-0.4, -0.2) is 57.7 Å². The number of urea groups is 1. The molecule has 3 amide bonds. The highest BCUT2D eigenvalue weighted by Gasteiger charge is 2.35. The summed E-state index contributed by atoms with van der Waals surface area (Å²) < 4.78 is 1.71. The van der Waals surface area contributed by atoms with Crippen molar-refractivity contribution in [2.24, 2.45) is 0 Å². The van der Waals surface area contributed by atoms with Crippen LogP contribution in [0.15, 0.2) is 36.4 Å². The van der Waals surface area contributed by atoms with Crippen molar-refractivity contribution >= 4 is 17.8 Å². The Labute approximate surface area is 159 Å². The van der Waals surface area contributed by atoms with Gasteiger partial charge >= 0.3 is 6.03 Å². The first-order valence-corrected chi connectivity index (χ1v) is 9.46. The average Bonchev–Trinajstić information content (AvgIpc) is 3.03. The summed E-state index contributed by atoms with van der Waals surface area (Å²) in [5, 5.41) is 7.44. The summed E-state index contributed by atoms with van der Waals surface area (Å²) in [5.74, 6) is 0.613. The second-order valence-corrected chi connectivity index (χ2v) is 6.96. The molecule has 1 N–H and O–H groups in total. The van der Waals surface area contributed by atoms with Crippen LogP contribution in [0.4, 0.5) is 10.6 Å². The fraction of sp³-hybridized carbons (Fsp3) is 0.450. The maximum absolute atomic E-state index is 13.0. The molecule has 0 aliphatic carbocycles. The second-order valence-electron chi connectivity index (χ2n) is 6.96. The molecule has 1 fully saturated rings. The lowest BCUT2D eigenvalue weighted by atomic mass is 10.0. The van der Waals surface area contributed by atoms with E-state index in [9.17, 15) is 9.59 Å². The highest BCUT2D eigenvalue weighted by atomic mass is 16.2. The molecule has 0 unspecified atom stereocenters. The molecule has 1 aromatic carbocycles. The second kappa shape index (κ2) is 8.24. The molecule has 2 heterocycles. The number of anilines is 1. The predicted molar refractivity (Wildman–Crippen MR) is 105 cm³/mol. The molecule has 0 bridgehead atoms. The van der Waals surface area contributed by atoms with E-state index in [0.29, 0.717) is 25.3 Å². The number of carbonyl (C=O) groups is 2. The third-order valence-corrected chi connectivity index (χ3v) is 4.87. The van der Waals surface area contributed by atoms with Gasteiger partial charge in [-0.1, -0.05) is 38.0 Å². The van der Waals surface area contributed by atoms with Gasteiger partial charge in [-0.15, -0.1) is 0 Å². The van der Waals surface area contributed by atoms with Crippen molar-refractivity contribution in [3.63, 3.8) is 0 Å². The monoisotopic (exact) mass is 369 g/mol. The van der Waals surface area contributed by atoms with Crippen molar-refractivity contribution in [3.05, 3.63) is 42.1 Å². The highest BCUT2D eigenvalue weighted by Crippen LogP contribution is 2.20. The number of unbranched alkanes of at least 4 members (excludes halogenated alkanes) is 1. The van der Waals surface area contributed by atoms with Gasteiger partial charge in [-0.3, -0.25) is 10.1 Å². The first kappa shape index (κ1) is 18.9. The Bertz CT molecular complexity index is 802. The molecule has 3 rings (SSSR count). The van der Waals surface area contributed by atoms with Crippen LogP contribution in [-0.2, 0) is 4.79 Å². The fourth-order valence-electron chi connectivity index (χ4n) is 3.37. The fourth-order valence-corrected chi connectivity index (χ4v) is 3.37. The van der Waals surface area contributed by atoms with E-state index in [4.69, 9.17) is 0 Å². The van der Waals surface area contributed by atoms with E-state index in [-0.39, 0.29) is 11.9 Å². The number of amides is 3. The van der Waals surface area contributed by atoms with Gasteiger partial charge < -0.3 is 9.80 Å². The number of aromatic nitrogens is 2. The minimum Gasteiger partial charge on any atom is -0.342 e. The van der Waals surface area contributed by atoms with E-state index in [1.165, 1.54) is 0 Å². The molecule has 0 radical (unpaired) electrons. The lowest BCUT2D eigenvalue weighted by Crippen LogP contribution is -2.58. The van der Waals surface area contributed by atoms with Crippen LogP contribution in [0.5, 0.6) is 0 Å². The number of nitrogens with one attached hydrogen (secondary N) is 1. The topological polar surface area (TPSA) is 70.5 Å². The number of benzene rings is 1. The molecule has 0 saturated carbocycles. The number of likely N-dealkylation sites (N-methyl/N-ethyl adjacent to an activating group) is 1. The van der Waals surface area contributed by atoms with Gasteiger partial charge in [0.05, 0.1) is 11.4 Å². The Morgan fingerprint density at radius 3 is 2.70 bits per heavy atom. The lowest BCUT2D eigenvalue weighted by Gasteiger charge is -2.39. The van der Waals surface area contributed by atoms with Gasteiger partial charge in [0.1, 0.15) is 11.9 Å². The average molecular weight is 369 g/mol. The molecule has 7 nitrogen and oxygen atoms in total. The van der Waals surface area contributed by atoms with Gasteiger partial charge in [-0.25, -0.2) is 9.48 Å². The minimum atomic E-state index is -0.405. The number of rotatable bonds is 5. The largest absolute Gasteiger partial charge is 0.342 e. The van der Waals surface area contributed by atoms with Crippen LogP contribution < -0.4 is 5.32 Å². The summed E-state index contributed by atoms with van der Waals surface area (Å²) in [7, 11) is 1.80. The molecule has 2 aromatic rings. The third kappa shape index (κ3) is 4.13. The molecular weight excluding hydrogens is 342 g/mol. The standard InChI is InChI=1S/C20H27N5O2/c1-4-5-11-17-19(26)23(3)12-13-24(17)20(27)21-18-14-15(2)22-25(18)16-9-7-6-8-10-16/h6-10,14,17H,4-5,11-13H2,1-3H3,(H,21,27)/t17-/m0/s1. The van der Waals surface area contributed by atoms with Gasteiger partial charge in [0, 0.05) is 26.2 Å². The Balaban J connectivity index is 1.81. The molecule has 7 heteroatoms. The normalized spacial score (nSPS) is 17.3. The number of para-hydroxylation sites is 1. The highest BCUT2D eigenvalue weighted by molar-refractivity contribution is 5.94. The van der Waals surface area contributed by atoms with E-state index in [2.05, 4.69) is 17.3 Å². The van der Waals surface area contributed by atoms with Crippen LogP contribution >= 0.6 is 0 Å². The maximum atomic E-state index is 13.0. The molecule has 1 saturated heterocycles. The van der Waals surface area contributed by atoms with E-state index < -0.39 is 6.04 Å². The third-order valence-electron chi connectivity index (χ3n) is 4.87. The number of hydrogen-bond donors (Lipinski definition) is 1. The first-order valence-electron chi connectivity index (χ1n) is 9.46. The van der Waals surface area contributed by atoms with Gasteiger partial charge in [0.25, 0.3) is 0 Å². The predicted octanol–water partition coefficient (Wildman–Crippen LogP) is 3.05.